The van der Waals surface area contributed by atoms with Crippen LogP contribution in [-0.4, -0.2) is 20.4 Å². The Balaban J connectivity index is 1.51. The van der Waals surface area contributed by atoms with Crippen LogP contribution >= 0.6 is 0 Å². The number of carbonyl (C=O) groups is 1. The van der Waals surface area contributed by atoms with Gasteiger partial charge < -0.3 is 11.1 Å². The summed E-state index contributed by atoms with van der Waals surface area (Å²) in [7, 11) is 0. The van der Waals surface area contributed by atoms with Crippen LogP contribution < -0.4 is 16.6 Å². The summed E-state index contributed by atoms with van der Waals surface area (Å²) in [5, 5.41) is 2.91. The van der Waals surface area contributed by atoms with E-state index in [2.05, 4.69) is 27.4 Å². The minimum Gasteiger partial charge on any atom is -0.384 e. The summed E-state index contributed by atoms with van der Waals surface area (Å²) < 4.78 is 1.56. The number of nitrogen functional groups attached to an aromatic ring is 1. The van der Waals surface area contributed by atoms with E-state index in [-0.39, 0.29) is 18.0 Å². The molecule has 3 N–H and O–H groups in total. The first-order chi connectivity index (χ1) is 17.5. The maximum absolute atomic E-state index is 13.4. The second-order valence-corrected chi connectivity index (χ2v) is 8.85. The molecule has 7 nitrogen and oxygen atoms in total. The van der Waals surface area contributed by atoms with Crippen LogP contribution in [-0.2, 0) is 37.1 Å². The van der Waals surface area contributed by atoms with Crippen molar-refractivity contribution in [2.75, 3.05) is 5.73 Å². The number of carbonyl (C=O) groups excluding carboxylic acids is 1. The molecule has 0 saturated carbocycles. The first-order valence-electron chi connectivity index (χ1n) is 12.1. The molecule has 0 aliphatic rings. The van der Waals surface area contributed by atoms with Crippen LogP contribution in [0.3, 0.4) is 0 Å². The molecule has 2 heterocycles. The highest BCUT2D eigenvalue weighted by Gasteiger charge is 2.15. The van der Waals surface area contributed by atoms with Gasteiger partial charge >= 0.3 is 0 Å². The molecule has 0 aliphatic heterocycles. The molecule has 2 aromatic heterocycles. The number of rotatable bonds is 10. The number of aromatic nitrogens is 3. The number of nitrogens with two attached hydrogens (primary N) is 1. The van der Waals surface area contributed by atoms with E-state index in [4.69, 9.17) is 5.73 Å². The van der Waals surface area contributed by atoms with Gasteiger partial charge in [0, 0.05) is 30.6 Å². The molecule has 7 heteroatoms. The third-order valence-electron chi connectivity index (χ3n) is 6.15. The molecule has 0 aliphatic carbocycles. The van der Waals surface area contributed by atoms with Gasteiger partial charge in [-0.05, 0) is 48.9 Å². The van der Waals surface area contributed by atoms with Gasteiger partial charge in [0.05, 0.1) is 0 Å². The van der Waals surface area contributed by atoms with E-state index in [1.807, 2.05) is 61.5 Å². The number of nitrogens with zero attached hydrogens (tertiary/aromatic N) is 3. The zero-order chi connectivity index (χ0) is 25.3. The topological polar surface area (TPSA) is 103 Å². The second kappa shape index (κ2) is 11.9. The van der Waals surface area contributed by atoms with Crippen LogP contribution in [0.2, 0.25) is 0 Å². The third-order valence-corrected chi connectivity index (χ3v) is 6.15. The van der Waals surface area contributed by atoms with Crippen molar-refractivity contribution in [2.45, 2.75) is 45.7 Å². The van der Waals surface area contributed by atoms with Crippen molar-refractivity contribution in [3.05, 3.63) is 123 Å². The van der Waals surface area contributed by atoms with Gasteiger partial charge in [0.25, 0.3) is 5.56 Å². The van der Waals surface area contributed by atoms with Gasteiger partial charge in [0.2, 0.25) is 5.91 Å². The summed E-state index contributed by atoms with van der Waals surface area (Å²) >= 11 is 0. The molecule has 36 heavy (non-hydrogen) atoms. The summed E-state index contributed by atoms with van der Waals surface area (Å²) in [6, 6.07) is 23.6. The number of nitrogens with one attached hydrogen (secondary N) is 1. The highest BCUT2D eigenvalue weighted by atomic mass is 16.2. The largest absolute Gasteiger partial charge is 0.384 e. The number of benzene rings is 2. The number of pyridine rings is 1. The standard InChI is InChI=1S/C29H31N5O2/c1-21-24(15-16-27(30)33-21)18-32-28(35)20-34-25(17-23-11-6-3-7-12-23)19-31-26(29(34)36)14-8-13-22-9-4-2-5-10-22/h2-7,9-12,15-16,19H,8,13-14,17-18,20H2,1H3,(H2,30,33)(H,32,35). The Morgan fingerprint density at radius 3 is 2.33 bits per heavy atom. The van der Waals surface area contributed by atoms with Crippen molar-refractivity contribution in [3.63, 3.8) is 0 Å². The van der Waals surface area contributed by atoms with Gasteiger partial charge in [-0.15, -0.1) is 0 Å². The smallest absolute Gasteiger partial charge is 0.272 e. The average molecular weight is 482 g/mol. The lowest BCUT2D eigenvalue weighted by molar-refractivity contribution is -0.121. The van der Waals surface area contributed by atoms with Crippen LogP contribution in [0.1, 0.15) is 40.2 Å². The maximum Gasteiger partial charge on any atom is 0.272 e. The molecule has 0 unspecified atom stereocenters. The summed E-state index contributed by atoms with van der Waals surface area (Å²) in [4.78, 5) is 35.1. The molecule has 4 rings (SSSR count). The number of amides is 1. The number of anilines is 1. The molecule has 0 atom stereocenters. The number of aryl methyl sites for hydroxylation is 3. The van der Waals surface area contributed by atoms with Gasteiger partial charge in [-0.3, -0.25) is 19.1 Å². The molecule has 4 aromatic rings. The molecule has 1 amide bonds. The van der Waals surface area contributed by atoms with E-state index in [1.54, 1.807) is 16.8 Å². The Morgan fingerprint density at radius 1 is 0.944 bits per heavy atom. The number of hydrogen-bond acceptors (Lipinski definition) is 5. The van der Waals surface area contributed by atoms with E-state index in [0.29, 0.717) is 36.6 Å². The van der Waals surface area contributed by atoms with E-state index in [1.165, 1.54) is 5.56 Å². The van der Waals surface area contributed by atoms with Gasteiger partial charge in [-0.2, -0.15) is 0 Å². The summed E-state index contributed by atoms with van der Waals surface area (Å²) in [5.41, 5.74) is 10.6. The molecular weight excluding hydrogens is 450 g/mol. The summed E-state index contributed by atoms with van der Waals surface area (Å²) in [6.07, 6.45) is 4.47. The second-order valence-electron chi connectivity index (χ2n) is 8.85. The lowest BCUT2D eigenvalue weighted by Gasteiger charge is -2.15. The van der Waals surface area contributed by atoms with Crippen LogP contribution in [0.4, 0.5) is 5.82 Å². The Bertz CT molecular complexity index is 1370. The van der Waals surface area contributed by atoms with Gasteiger partial charge in [-0.25, -0.2) is 4.98 Å². The maximum atomic E-state index is 13.4. The predicted octanol–water partition coefficient (Wildman–Crippen LogP) is 3.61. The van der Waals surface area contributed by atoms with E-state index < -0.39 is 0 Å². The monoisotopic (exact) mass is 481 g/mol. The Kier molecular flexibility index (Phi) is 8.24. The normalized spacial score (nSPS) is 10.8. The molecular formula is C29H31N5O2. The minimum absolute atomic E-state index is 0.0728. The minimum atomic E-state index is -0.246. The fraction of sp³-hybridized carbons (Fsp3) is 0.241. The summed E-state index contributed by atoms with van der Waals surface area (Å²) in [5.74, 6) is 0.195. The highest BCUT2D eigenvalue weighted by Crippen LogP contribution is 2.11. The SMILES string of the molecule is Cc1nc(N)ccc1CNC(=O)Cn1c(Cc2ccccc2)cnc(CCCc2ccccc2)c1=O. The zero-order valence-corrected chi connectivity index (χ0v) is 20.5. The van der Waals surface area contributed by atoms with Crippen LogP contribution in [0.15, 0.2) is 83.8 Å². The Morgan fingerprint density at radius 2 is 1.64 bits per heavy atom. The molecule has 0 radical (unpaired) electrons. The molecule has 2 aromatic carbocycles. The van der Waals surface area contributed by atoms with Crippen molar-refractivity contribution in [1.29, 1.82) is 0 Å². The quantitative estimate of drug-likeness (QED) is 0.360. The van der Waals surface area contributed by atoms with E-state index in [0.717, 1.165) is 29.7 Å². The fourth-order valence-corrected chi connectivity index (χ4v) is 4.15. The summed E-state index contributed by atoms with van der Waals surface area (Å²) in [6.45, 7) is 2.09. The van der Waals surface area contributed by atoms with Crippen molar-refractivity contribution >= 4 is 11.7 Å². The van der Waals surface area contributed by atoms with Gasteiger partial charge in [0.15, 0.2) is 0 Å². The molecule has 0 fully saturated rings. The highest BCUT2D eigenvalue weighted by molar-refractivity contribution is 5.75. The van der Waals surface area contributed by atoms with E-state index in [9.17, 15) is 9.59 Å². The lowest BCUT2D eigenvalue weighted by atomic mass is 10.1. The van der Waals surface area contributed by atoms with Crippen molar-refractivity contribution in [3.8, 4) is 0 Å². The predicted molar refractivity (Wildman–Crippen MR) is 141 cm³/mol. The molecule has 184 valence electrons. The lowest BCUT2D eigenvalue weighted by Crippen LogP contribution is -2.35. The Labute approximate surface area is 211 Å². The molecule has 0 spiro atoms. The number of hydrogen-bond donors (Lipinski definition) is 2. The first-order valence-corrected chi connectivity index (χ1v) is 12.1. The fourth-order valence-electron chi connectivity index (χ4n) is 4.15. The van der Waals surface area contributed by atoms with Gasteiger partial charge in [-0.1, -0.05) is 66.7 Å². The van der Waals surface area contributed by atoms with Crippen molar-refractivity contribution < 1.29 is 4.79 Å². The van der Waals surface area contributed by atoms with Crippen LogP contribution in [0.25, 0.3) is 0 Å². The van der Waals surface area contributed by atoms with Crippen LogP contribution in [0, 0.1) is 6.92 Å². The molecule has 0 saturated heterocycles. The average Bonchev–Trinajstić information content (AvgIpc) is 2.88. The van der Waals surface area contributed by atoms with Crippen molar-refractivity contribution in [2.24, 2.45) is 0 Å². The Hall–Kier alpha value is -4.26. The van der Waals surface area contributed by atoms with Crippen molar-refractivity contribution in [1.82, 2.24) is 19.9 Å². The zero-order valence-electron chi connectivity index (χ0n) is 20.5. The van der Waals surface area contributed by atoms with E-state index >= 15 is 0 Å². The van der Waals surface area contributed by atoms with Gasteiger partial charge in [0.1, 0.15) is 18.1 Å². The van der Waals surface area contributed by atoms with Crippen LogP contribution in [0.5, 0.6) is 0 Å². The molecule has 0 bridgehead atoms. The third kappa shape index (κ3) is 6.66. The first kappa shape index (κ1) is 24.9.